The number of nitrogens with zero attached hydrogens (tertiary/aromatic N) is 4. The van der Waals surface area contributed by atoms with Gasteiger partial charge in [0.2, 0.25) is 0 Å². The third-order valence-corrected chi connectivity index (χ3v) is 6.44. The summed E-state index contributed by atoms with van der Waals surface area (Å²) >= 11 is 0. The van der Waals surface area contributed by atoms with Crippen LogP contribution in [0.25, 0.3) is 0 Å². The van der Waals surface area contributed by atoms with E-state index < -0.39 is 0 Å². The number of hydrogen-bond acceptors (Lipinski definition) is 3. The van der Waals surface area contributed by atoms with Crippen LogP contribution in [0, 0.1) is 31.6 Å². The predicted molar refractivity (Wildman–Crippen MR) is 105 cm³/mol. The van der Waals surface area contributed by atoms with E-state index in [9.17, 15) is 0 Å². The molecule has 3 heterocycles. The van der Waals surface area contributed by atoms with E-state index in [1.165, 1.54) is 68.9 Å². The molecule has 4 nitrogen and oxygen atoms in total. The Balaban J connectivity index is 1.50. The largest absolute Gasteiger partial charge is 0.303 e. The Hall–Kier alpha value is -0.870. The first kappa shape index (κ1) is 18.9. The number of piperidine rings is 1. The lowest BCUT2D eigenvalue weighted by Crippen LogP contribution is -2.38. The molecule has 0 N–H and O–H groups in total. The second-order valence-electron chi connectivity index (χ2n) is 8.78. The van der Waals surface area contributed by atoms with Gasteiger partial charge in [0.25, 0.3) is 0 Å². The SMILES string of the molecule is CCn1nc(C)c(CN2CC[C@@H](C3CCN(CC(C)C)CC3)C2)c1C. The van der Waals surface area contributed by atoms with Crippen LogP contribution in [0.2, 0.25) is 0 Å². The molecule has 3 rings (SSSR count). The highest BCUT2D eigenvalue weighted by atomic mass is 15.3. The molecule has 2 aliphatic rings. The van der Waals surface area contributed by atoms with Crippen molar-refractivity contribution in [2.24, 2.45) is 17.8 Å². The molecule has 0 unspecified atom stereocenters. The van der Waals surface area contributed by atoms with Crippen molar-refractivity contribution in [1.29, 1.82) is 0 Å². The van der Waals surface area contributed by atoms with Gasteiger partial charge in [0.15, 0.2) is 0 Å². The Morgan fingerprint density at radius 2 is 1.64 bits per heavy atom. The second-order valence-corrected chi connectivity index (χ2v) is 8.78. The van der Waals surface area contributed by atoms with Gasteiger partial charge in [-0.2, -0.15) is 5.10 Å². The molecule has 1 atom stereocenters. The first-order chi connectivity index (χ1) is 12.0. The third-order valence-electron chi connectivity index (χ3n) is 6.44. The maximum atomic E-state index is 4.70. The van der Waals surface area contributed by atoms with Gasteiger partial charge in [-0.05, 0) is 77.4 Å². The van der Waals surface area contributed by atoms with Crippen LogP contribution in [0.3, 0.4) is 0 Å². The van der Waals surface area contributed by atoms with Gasteiger partial charge in [0.1, 0.15) is 0 Å². The quantitative estimate of drug-likeness (QED) is 0.785. The zero-order chi connectivity index (χ0) is 18.0. The second kappa shape index (κ2) is 8.22. The zero-order valence-corrected chi connectivity index (χ0v) is 17.1. The van der Waals surface area contributed by atoms with E-state index in [2.05, 4.69) is 49.1 Å². The van der Waals surface area contributed by atoms with E-state index in [0.29, 0.717) is 0 Å². The highest BCUT2D eigenvalue weighted by Gasteiger charge is 2.32. The van der Waals surface area contributed by atoms with Gasteiger partial charge in [-0.15, -0.1) is 0 Å². The lowest BCUT2D eigenvalue weighted by Gasteiger charge is -2.35. The van der Waals surface area contributed by atoms with Crippen molar-refractivity contribution in [1.82, 2.24) is 19.6 Å². The maximum absolute atomic E-state index is 4.70. The van der Waals surface area contributed by atoms with Gasteiger partial charge >= 0.3 is 0 Å². The first-order valence-corrected chi connectivity index (χ1v) is 10.5. The van der Waals surface area contributed by atoms with E-state index in [1.807, 2.05) is 0 Å². The molecule has 0 bridgehead atoms. The van der Waals surface area contributed by atoms with Gasteiger partial charge in [-0.25, -0.2) is 0 Å². The first-order valence-electron chi connectivity index (χ1n) is 10.5. The van der Waals surface area contributed by atoms with Crippen LogP contribution in [0.1, 0.15) is 57.0 Å². The Kier molecular flexibility index (Phi) is 6.21. The smallest absolute Gasteiger partial charge is 0.0641 e. The van der Waals surface area contributed by atoms with Crippen molar-refractivity contribution in [3.63, 3.8) is 0 Å². The number of likely N-dealkylation sites (tertiary alicyclic amines) is 2. The molecule has 2 fully saturated rings. The van der Waals surface area contributed by atoms with Crippen LogP contribution in [0.15, 0.2) is 0 Å². The highest BCUT2D eigenvalue weighted by molar-refractivity contribution is 5.24. The van der Waals surface area contributed by atoms with E-state index in [-0.39, 0.29) is 0 Å². The van der Waals surface area contributed by atoms with Crippen LogP contribution in [-0.4, -0.2) is 52.3 Å². The molecule has 4 heteroatoms. The molecule has 142 valence electrons. The van der Waals surface area contributed by atoms with Gasteiger partial charge < -0.3 is 4.90 Å². The molecule has 0 aliphatic carbocycles. The number of hydrogen-bond donors (Lipinski definition) is 0. The van der Waals surface area contributed by atoms with Gasteiger partial charge in [-0.3, -0.25) is 9.58 Å². The lowest BCUT2D eigenvalue weighted by atomic mass is 9.83. The normalized spacial score (nSPS) is 23.8. The minimum atomic E-state index is 0.800. The average molecular weight is 347 g/mol. The standard InChI is InChI=1S/C21H38N4/c1-6-25-18(5)21(17(4)22-25)15-24-12-9-20(14-24)19-7-10-23(11-8-19)13-16(2)3/h16,19-20H,6-15H2,1-5H3/t20-/m1/s1. The van der Waals surface area contributed by atoms with E-state index in [1.54, 1.807) is 0 Å². The van der Waals surface area contributed by atoms with E-state index in [0.717, 1.165) is 30.8 Å². The summed E-state index contributed by atoms with van der Waals surface area (Å²) in [5, 5.41) is 4.70. The molecule has 0 radical (unpaired) electrons. The lowest BCUT2D eigenvalue weighted by molar-refractivity contribution is 0.135. The monoisotopic (exact) mass is 346 g/mol. The number of aryl methyl sites for hydroxylation is 2. The van der Waals surface area contributed by atoms with Gasteiger partial charge in [0.05, 0.1) is 5.69 Å². The van der Waals surface area contributed by atoms with E-state index >= 15 is 0 Å². The number of rotatable bonds is 6. The summed E-state index contributed by atoms with van der Waals surface area (Å²) in [7, 11) is 0. The van der Waals surface area contributed by atoms with Crippen molar-refractivity contribution in [3.05, 3.63) is 17.0 Å². The summed E-state index contributed by atoms with van der Waals surface area (Å²) in [5.74, 6) is 2.67. The zero-order valence-electron chi connectivity index (χ0n) is 17.1. The van der Waals surface area contributed by atoms with Gasteiger partial charge in [0, 0.05) is 37.4 Å². The molecule has 25 heavy (non-hydrogen) atoms. The van der Waals surface area contributed by atoms with Crippen molar-refractivity contribution in [2.45, 2.75) is 67.0 Å². The van der Waals surface area contributed by atoms with Crippen molar-refractivity contribution >= 4 is 0 Å². The molecular weight excluding hydrogens is 308 g/mol. The van der Waals surface area contributed by atoms with Crippen molar-refractivity contribution in [2.75, 3.05) is 32.7 Å². The summed E-state index contributed by atoms with van der Waals surface area (Å²) in [6.45, 7) is 19.8. The van der Waals surface area contributed by atoms with Crippen LogP contribution in [0.4, 0.5) is 0 Å². The molecule has 1 aromatic rings. The predicted octanol–water partition coefficient (Wildman–Crippen LogP) is 3.71. The molecule has 0 saturated carbocycles. The molecule has 1 aromatic heterocycles. The topological polar surface area (TPSA) is 24.3 Å². The number of aromatic nitrogens is 2. The van der Waals surface area contributed by atoms with Crippen molar-refractivity contribution in [3.8, 4) is 0 Å². The fourth-order valence-corrected chi connectivity index (χ4v) is 5.01. The summed E-state index contributed by atoms with van der Waals surface area (Å²) in [6, 6.07) is 0. The van der Waals surface area contributed by atoms with Crippen LogP contribution >= 0.6 is 0 Å². The molecule has 0 spiro atoms. The Labute approximate surface area is 154 Å². The fourth-order valence-electron chi connectivity index (χ4n) is 5.01. The molecule has 0 amide bonds. The fraction of sp³-hybridized carbons (Fsp3) is 0.857. The Bertz CT molecular complexity index is 554. The van der Waals surface area contributed by atoms with E-state index in [4.69, 9.17) is 5.10 Å². The highest BCUT2D eigenvalue weighted by Crippen LogP contribution is 2.33. The maximum Gasteiger partial charge on any atom is 0.0641 e. The van der Waals surface area contributed by atoms with Crippen molar-refractivity contribution < 1.29 is 0 Å². The minimum absolute atomic E-state index is 0.800. The summed E-state index contributed by atoms with van der Waals surface area (Å²) in [6.07, 6.45) is 4.23. The van der Waals surface area contributed by atoms with Crippen LogP contribution in [-0.2, 0) is 13.1 Å². The molecular formula is C21H38N4. The molecule has 2 aliphatic heterocycles. The summed E-state index contributed by atoms with van der Waals surface area (Å²) < 4.78 is 2.16. The Morgan fingerprint density at radius 3 is 2.24 bits per heavy atom. The summed E-state index contributed by atoms with van der Waals surface area (Å²) in [4.78, 5) is 5.36. The van der Waals surface area contributed by atoms with Crippen LogP contribution in [0.5, 0.6) is 0 Å². The minimum Gasteiger partial charge on any atom is -0.303 e. The third kappa shape index (κ3) is 4.46. The molecule has 2 saturated heterocycles. The van der Waals surface area contributed by atoms with Crippen LogP contribution < -0.4 is 0 Å². The molecule has 0 aromatic carbocycles. The van der Waals surface area contributed by atoms with Gasteiger partial charge in [-0.1, -0.05) is 13.8 Å². The summed E-state index contributed by atoms with van der Waals surface area (Å²) in [5.41, 5.74) is 4.06. The average Bonchev–Trinajstić information content (AvgIpc) is 3.15. The Morgan fingerprint density at radius 1 is 1.00 bits per heavy atom.